The number of rotatable bonds is 9. The van der Waals surface area contributed by atoms with Crippen molar-refractivity contribution < 1.29 is 9.53 Å². The van der Waals surface area contributed by atoms with E-state index in [4.69, 9.17) is 10.5 Å². The molecule has 2 aromatic carbocycles. The fourth-order valence-corrected chi connectivity index (χ4v) is 5.07. The van der Waals surface area contributed by atoms with Crippen LogP contribution in [0.5, 0.6) is 0 Å². The van der Waals surface area contributed by atoms with Gasteiger partial charge in [0.1, 0.15) is 11.4 Å². The number of nitrogen functional groups attached to an aromatic ring is 1. The number of methoxy groups -OCH3 is 1. The molecule has 37 heavy (non-hydrogen) atoms. The average Bonchev–Trinajstić information content (AvgIpc) is 2.89. The first-order valence-electron chi connectivity index (χ1n) is 11.5. The Balaban J connectivity index is 1.72. The lowest BCUT2D eigenvalue weighted by Crippen LogP contribution is -2.43. The Labute approximate surface area is 216 Å². The number of anilines is 1. The number of carbonyl (C=O) groups excluding carboxylic acids is 1. The van der Waals surface area contributed by atoms with Crippen molar-refractivity contribution in [3.63, 3.8) is 0 Å². The van der Waals surface area contributed by atoms with Crippen LogP contribution in [0.15, 0.2) is 74.1 Å². The van der Waals surface area contributed by atoms with Gasteiger partial charge in [-0.05, 0) is 24.6 Å². The molecule has 10 nitrogen and oxygen atoms in total. The Kier molecular flexibility index (Phi) is 7.74. The molecule has 0 saturated heterocycles. The number of nitrogens with zero attached hydrogens (tertiary/aromatic N) is 4. The fourth-order valence-electron chi connectivity index (χ4n) is 4.10. The average molecular weight is 522 g/mol. The van der Waals surface area contributed by atoms with E-state index in [0.29, 0.717) is 16.1 Å². The number of Topliss-reactive ketones (excluding diaryl/α,β-unsaturated/α-hetero) is 1. The lowest BCUT2D eigenvalue weighted by atomic mass is 10.2. The molecule has 0 bridgehead atoms. The van der Waals surface area contributed by atoms with E-state index in [1.54, 1.807) is 24.3 Å². The molecule has 0 aliphatic heterocycles. The van der Waals surface area contributed by atoms with Crippen LogP contribution >= 0.6 is 11.8 Å². The number of fused-ring (bicyclic) bond motifs is 1. The molecule has 4 aromatic rings. The molecule has 0 fully saturated rings. The molecule has 2 aromatic heterocycles. The normalized spacial score (nSPS) is 12.1. The van der Waals surface area contributed by atoms with Crippen molar-refractivity contribution in [2.75, 3.05) is 25.2 Å². The Morgan fingerprint density at radius 2 is 1.73 bits per heavy atom. The molecule has 0 radical (unpaired) electrons. The summed E-state index contributed by atoms with van der Waals surface area (Å²) in [6.07, 6.45) is 0. The van der Waals surface area contributed by atoms with Crippen LogP contribution in [-0.4, -0.2) is 43.9 Å². The molecular weight excluding hydrogens is 494 g/mol. The van der Waals surface area contributed by atoms with Crippen molar-refractivity contribution in [2.45, 2.75) is 24.7 Å². The van der Waals surface area contributed by atoms with Gasteiger partial charge >= 0.3 is 5.69 Å². The molecule has 0 amide bonds. The minimum Gasteiger partial charge on any atom is -0.384 e. The maximum absolute atomic E-state index is 13.3. The zero-order valence-electron chi connectivity index (χ0n) is 20.7. The maximum Gasteiger partial charge on any atom is 0.332 e. The molecule has 192 valence electrons. The van der Waals surface area contributed by atoms with Gasteiger partial charge < -0.3 is 10.5 Å². The molecular formula is C26H27N5O5S. The van der Waals surface area contributed by atoms with E-state index in [-0.39, 0.29) is 41.9 Å². The standard InChI is InChI=1S/C26H27N5O5S/c1-16(14-36-3)31-23(33)18-11-7-8-12-19(18)28-25(31)37-15-20(32)21-22(27)30(26(35)29(2)24(21)34)13-17-9-5-4-6-10-17/h4-12,16H,13-15,27H2,1-3H3. The zero-order valence-corrected chi connectivity index (χ0v) is 21.5. The summed E-state index contributed by atoms with van der Waals surface area (Å²) in [5.74, 6) is -0.981. The predicted octanol–water partition coefficient (Wildman–Crippen LogP) is 2.07. The van der Waals surface area contributed by atoms with Crippen LogP contribution < -0.4 is 22.5 Å². The molecule has 0 aliphatic carbocycles. The highest BCUT2D eigenvalue weighted by Gasteiger charge is 2.23. The minimum absolute atomic E-state index is 0.105. The molecule has 4 rings (SSSR count). The van der Waals surface area contributed by atoms with Gasteiger partial charge in [0.05, 0.1) is 35.8 Å². The molecule has 1 atom stereocenters. The molecule has 0 saturated carbocycles. The maximum atomic E-state index is 13.3. The van der Waals surface area contributed by atoms with Gasteiger partial charge in [-0.2, -0.15) is 0 Å². The minimum atomic E-state index is -0.769. The Morgan fingerprint density at radius 1 is 1.05 bits per heavy atom. The second-order valence-corrected chi connectivity index (χ2v) is 9.52. The SMILES string of the molecule is COCC(C)n1c(SCC(=O)c2c(N)n(Cc3ccccc3)c(=O)n(C)c2=O)nc2ccccc2c1=O. The van der Waals surface area contributed by atoms with E-state index >= 15 is 0 Å². The van der Waals surface area contributed by atoms with Gasteiger partial charge in [0.25, 0.3) is 11.1 Å². The fraction of sp³-hybridized carbons (Fsp3) is 0.269. The topological polar surface area (TPSA) is 131 Å². The molecule has 2 N–H and O–H groups in total. The summed E-state index contributed by atoms with van der Waals surface area (Å²) in [4.78, 5) is 56.9. The first-order chi connectivity index (χ1) is 17.7. The van der Waals surface area contributed by atoms with Crippen LogP contribution in [0, 0.1) is 0 Å². The van der Waals surface area contributed by atoms with E-state index < -0.39 is 17.0 Å². The molecule has 0 aliphatic rings. The summed E-state index contributed by atoms with van der Waals surface area (Å²) >= 11 is 1.03. The van der Waals surface area contributed by atoms with Crippen molar-refractivity contribution in [3.05, 3.63) is 96.9 Å². The number of benzene rings is 2. The molecule has 11 heteroatoms. The predicted molar refractivity (Wildman–Crippen MR) is 144 cm³/mol. The summed E-state index contributed by atoms with van der Waals surface area (Å²) < 4.78 is 8.81. The third-order valence-electron chi connectivity index (χ3n) is 6.00. The van der Waals surface area contributed by atoms with Crippen LogP contribution in [0.3, 0.4) is 0 Å². The Hall–Kier alpha value is -3.96. The summed E-state index contributed by atoms with van der Waals surface area (Å²) in [6.45, 7) is 2.19. The van der Waals surface area contributed by atoms with Gasteiger partial charge in [-0.25, -0.2) is 9.78 Å². The van der Waals surface area contributed by atoms with Crippen LogP contribution in [0.25, 0.3) is 10.9 Å². The number of ether oxygens (including phenoxy) is 1. The number of hydrogen-bond donors (Lipinski definition) is 1. The largest absolute Gasteiger partial charge is 0.384 e. The van der Waals surface area contributed by atoms with Crippen molar-refractivity contribution in [1.82, 2.24) is 18.7 Å². The number of ketones is 1. The third-order valence-corrected chi connectivity index (χ3v) is 6.95. The van der Waals surface area contributed by atoms with Crippen molar-refractivity contribution in [2.24, 2.45) is 7.05 Å². The van der Waals surface area contributed by atoms with Crippen LogP contribution in [0.4, 0.5) is 5.82 Å². The summed E-state index contributed by atoms with van der Waals surface area (Å²) in [7, 11) is 2.85. The van der Waals surface area contributed by atoms with Crippen LogP contribution in [-0.2, 0) is 18.3 Å². The second kappa shape index (κ2) is 11.0. The highest BCUT2D eigenvalue weighted by Crippen LogP contribution is 2.23. The van der Waals surface area contributed by atoms with Gasteiger partial charge in [0.2, 0.25) is 0 Å². The Bertz CT molecular complexity index is 1640. The summed E-state index contributed by atoms with van der Waals surface area (Å²) in [5, 5.41) is 0.766. The highest BCUT2D eigenvalue weighted by atomic mass is 32.2. The number of para-hydroxylation sites is 1. The molecule has 2 heterocycles. The molecule has 1 unspecified atom stereocenters. The Morgan fingerprint density at radius 3 is 2.43 bits per heavy atom. The van der Waals surface area contributed by atoms with E-state index in [2.05, 4.69) is 4.98 Å². The first-order valence-corrected chi connectivity index (χ1v) is 12.5. The zero-order chi connectivity index (χ0) is 26.7. The smallest absolute Gasteiger partial charge is 0.332 e. The van der Waals surface area contributed by atoms with E-state index in [1.807, 2.05) is 37.3 Å². The number of nitrogens with two attached hydrogens (primary N) is 1. The van der Waals surface area contributed by atoms with Crippen LogP contribution in [0.2, 0.25) is 0 Å². The third kappa shape index (κ3) is 5.13. The van der Waals surface area contributed by atoms with Gasteiger partial charge in [-0.15, -0.1) is 0 Å². The van der Waals surface area contributed by atoms with Crippen LogP contribution in [0.1, 0.15) is 28.9 Å². The monoisotopic (exact) mass is 521 g/mol. The number of hydrogen-bond acceptors (Lipinski definition) is 8. The second-order valence-electron chi connectivity index (χ2n) is 8.58. The van der Waals surface area contributed by atoms with E-state index in [0.717, 1.165) is 21.9 Å². The summed E-state index contributed by atoms with van der Waals surface area (Å²) in [5.41, 5.74) is 5.59. The van der Waals surface area contributed by atoms with Crippen molar-refractivity contribution in [1.29, 1.82) is 0 Å². The number of aromatic nitrogens is 4. The first kappa shape index (κ1) is 26.1. The summed E-state index contributed by atoms with van der Waals surface area (Å²) in [6, 6.07) is 15.7. The van der Waals surface area contributed by atoms with Gasteiger partial charge in [0, 0.05) is 14.2 Å². The lowest BCUT2D eigenvalue weighted by Gasteiger charge is -2.19. The highest BCUT2D eigenvalue weighted by molar-refractivity contribution is 7.99. The van der Waals surface area contributed by atoms with Crippen molar-refractivity contribution >= 4 is 34.3 Å². The van der Waals surface area contributed by atoms with Crippen molar-refractivity contribution in [3.8, 4) is 0 Å². The lowest BCUT2D eigenvalue weighted by molar-refractivity contribution is 0.102. The van der Waals surface area contributed by atoms with E-state index in [1.165, 1.54) is 23.3 Å². The van der Waals surface area contributed by atoms with Gasteiger partial charge in [-0.1, -0.05) is 54.2 Å². The quantitative estimate of drug-likeness (QED) is 0.201. The molecule has 0 spiro atoms. The van der Waals surface area contributed by atoms with Gasteiger partial charge in [0.15, 0.2) is 10.9 Å². The van der Waals surface area contributed by atoms with E-state index in [9.17, 15) is 19.2 Å². The van der Waals surface area contributed by atoms with Gasteiger partial charge in [-0.3, -0.25) is 28.1 Å². The number of thioether (sulfide) groups is 1. The number of carbonyl (C=O) groups is 1.